The molecule has 0 aliphatic heterocycles. The smallest absolute Gasteiger partial charge is 0.416 e. The Hall–Kier alpha value is -3.03. The number of ether oxygens (including phenoxy) is 1. The molecule has 2 aromatic carbocycles. The van der Waals surface area contributed by atoms with Gasteiger partial charge in [-0.2, -0.15) is 13.2 Å². The molecule has 0 heterocycles. The summed E-state index contributed by atoms with van der Waals surface area (Å²) in [7, 11) is 0. The largest absolute Gasteiger partial charge is 0.507 e. The highest BCUT2D eigenvalue weighted by molar-refractivity contribution is 5.98. The maximum Gasteiger partial charge on any atom is 0.416 e. The molecule has 1 atom stereocenters. The lowest BCUT2D eigenvalue weighted by Crippen LogP contribution is -2.30. The molecule has 0 aromatic heterocycles. The van der Waals surface area contributed by atoms with Crippen LogP contribution in [0.1, 0.15) is 28.4 Å². The summed E-state index contributed by atoms with van der Waals surface area (Å²) in [5, 5.41) is 12.0. The lowest BCUT2D eigenvalue weighted by molar-refractivity contribution is -0.137. The van der Waals surface area contributed by atoms with Crippen LogP contribution in [0.2, 0.25) is 0 Å². The Balaban J connectivity index is 2.05. The summed E-state index contributed by atoms with van der Waals surface area (Å²) in [6.07, 6.45) is -5.82. The third-order valence-electron chi connectivity index (χ3n) is 3.48. The number of aryl methyl sites for hydroxylation is 1. The molecular formula is C18H16F3NO4. The van der Waals surface area contributed by atoms with Crippen molar-refractivity contribution in [1.29, 1.82) is 0 Å². The molecule has 0 radical (unpaired) electrons. The number of phenols is 1. The quantitative estimate of drug-likeness (QED) is 0.804. The number of halogens is 3. The fourth-order valence-corrected chi connectivity index (χ4v) is 2.11. The van der Waals surface area contributed by atoms with Gasteiger partial charge in [0, 0.05) is 5.69 Å². The summed E-state index contributed by atoms with van der Waals surface area (Å²) in [4.78, 5) is 24.1. The molecule has 0 unspecified atom stereocenters. The number of amides is 1. The van der Waals surface area contributed by atoms with E-state index in [2.05, 4.69) is 5.32 Å². The number of carbonyl (C=O) groups excluding carboxylic acids is 2. The Labute approximate surface area is 147 Å². The summed E-state index contributed by atoms with van der Waals surface area (Å²) in [5.41, 5.74) is -0.376. The number of phenolic OH excluding ortho intramolecular Hbond substituents is 1. The molecule has 2 rings (SSSR count). The van der Waals surface area contributed by atoms with Gasteiger partial charge in [-0.3, -0.25) is 4.79 Å². The van der Waals surface area contributed by atoms with Crippen LogP contribution in [0, 0.1) is 6.92 Å². The monoisotopic (exact) mass is 367 g/mol. The Morgan fingerprint density at radius 3 is 2.46 bits per heavy atom. The Bertz CT molecular complexity index is 833. The molecule has 138 valence electrons. The molecule has 0 fully saturated rings. The van der Waals surface area contributed by atoms with E-state index in [1.807, 2.05) is 0 Å². The molecule has 1 amide bonds. The number of anilines is 1. The van der Waals surface area contributed by atoms with E-state index in [4.69, 9.17) is 4.74 Å². The van der Waals surface area contributed by atoms with Crippen molar-refractivity contribution >= 4 is 17.6 Å². The Kier molecular flexibility index (Phi) is 5.54. The standard InChI is InChI=1S/C18H16F3NO4/c1-10-6-7-14(15(23)8-10)17(25)26-11(2)16(24)22-13-5-3-4-12(9-13)18(19,20)21/h3-9,11,23H,1-2H3,(H,22,24)/t11-/m0/s1. The molecule has 0 saturated carbocycles. The number of hydrogen-bond acceptors (Lipinski definition) is 4. The van der Waals surface area contributed by atoms with Gasteiger partial charge >= 0.3 is 12.1 Å². The third kappa shape index (κ3) is 4.75. The predicted octanol–water partition coefficient (Wildman–Crippen LogP) is 3.90. The molecule has 26 heavy (non-hydrogen) atoms. The van der Waals surface area contributed by atoms with E-state index in [0.29, 0.717) is 0 Å². The van der Waals surface area contributed by atoms with Gasteiger partial charge < -0.3 is 15.2 Å². The lowest BCUT2D eigenvalue weighted by atomic mass is 10.1. The van der Waals surface area contributed by atoms with Crippen LogP contribution in [-0.2, 0) is 15.7 Å². The van der Waals surface area contributed by atoms with Gasteiger partial charge in [0.1, 0.15) is 11.3 Å². The van der Waals surface area contributed by atoms with Gasteiger partial charge in [-0.15, -0.1) is 0 Å². The van der Waals surface area contributed by atoms with Crippen molar-refractivity contribution in [2.75, 3.05) is 5.32 Å². The average Bonchev–Trinajstić information content (AvgIpc) is 2.54. The van der Waals surface area contributed by atoms with Crippen LogP contribution in [0.4, 0.5) is 18.9 Å². The molecule has 0 bridgehead atoms. The van der Waals surface area contributed by atoms with Gasteiger partial charge in [-0.25, -0.2) is 4.79 Å². The number of nitrogens with one attached hydrogen (secondary N) is 1. The topological polar surface area (TPSA) is 75.6 Å². The minimum absolute atomic E-state index is 0.0779. The molecule has 2 N–H and O–H groups in total. The van der Waals surface area contributed by atoms with Crippen LogP contribution in [0.25, 0.3) is 0 Å². The predicted molar refractivity (Wildman–Crippen MR) is 87.8 cm³/mol. The first kappa shape index (κ1) is 19.3. The van der Waals surface area contributed by atoms with Crippen LogP contribution < -0.4 is 5.32 Å². The normalized spacial score (nSPS) is 12.3. The summed E-state index contributed by atoms with van der Waals surface area (Å²) in [6.45, 7) is 2.99. The highest BCUT2D eigenvalue weighted by Gasteiger charge is 2.30. The number of benzene rings is 2. The zero-order chi connectivity index (χ0) is 19.5. The molecule has 5 nitrogen and oxygen atoms in total. The van der Waals surface area contributed by atoms with Crippen molar-refractivity contribution in [3.05, 3.63) is 59.2 Å². The third-order valence-corrected chi connectivity index (χ3v) is 3.48. The summed E-state index contributed by atoms with van der Waals surface area (Å²) in [6, 6.07) is 8.39. The van der Waals surface area contributed by atoms with Crippen molar-refractivity contribution in [2.24, 2.45) is 0 Å². The fourth-order valence-electron chi connectivity index (χ4n) is 2.11. The van der Waals surface area contributed by atoms with Crippen LogP contribution in [0.5, 0.6) is 5.75 Å². The highest BCUT2D eigenvalue weighted by atomic mass is 19.4. The zero-order valence-electron chi connectivity index (χ0n) is 13.9. The minimum Gasteiger partial charge on any atom is -0.507 e. The number of aromatic hydroxyl groups is 1. The maximum atomic E-state index is 12.7. The summed E-state index contributed by atoms with van der Waals surface area (Å²) >= 11 is 0. The van der Waals surface area contributed by atoms with Gasteiger partial charge in [-0.05, 0) is 49.7 Å². The van der Waals surface area contributed by atoms with Crippen LogP contribution in [0.3, 0.4) is 0 Å². The van der Waals surface area contributed by atoms with Crippen molar-refractivity contribution in [3.63, 3.8) is 0 Å². The molecule has 0 aliphatic rings. The van der Waals surface area contributed by atoms with E-state index < -0.39 is 29.7 Å². The summed E-state index contributed by atoms with van der Waals surface area (Å²) in [5.74, 6) is -2.01. The van der Waals surface area contributed by atoms with Gasteiger partial charge in [0.25, 0.3) is 5.91 Å². The number of esters is 1. The lowest BCUT2D eigenvalue weighted by Gasteiger charge is -2.15. The molecule has 2 aromatic rings. The van der Waals surface area contributed by atoms with Crippen LogP contribution in [-0.4, -0.2) is 23.1 Å². The van der Waals surface area contributed by atoms with E-state index in [0.717, 1.165) is 23.8 Å². The summed E-state index contributed by atoms with van der Waals surface area (Å²) < 4.78 is 43.0. The van der Waals surface area contributed by atoms with Crippen LogP contribution in [0.15, 0.2) is 42.5 Å². The molecule has 8 heteroatoms. The first-order valence-electron chi connectivity index (χ1n) is 7.56. The average molecular weight is 367 g/mol. The molecule has 0 saturated heterocycles. The van der Waals surface area contributed by atoms with E-state index >= 15 is 0 Å². The maximum absolute atomic E-state index is 12.7. The van der Waals surface area contributed by atoms with E-state index in [9.17, 15) is 27.9 Å². The molecule has 0 aliphatic carbocycles. The second-order valence-corrected chi connectivity index (χ2v) is 5.64. The second kappa shape index (κ2) is 7.47. The number of alkyl halides is 3. The zero-order valence-corrected chi connectivity index (χ0v) is 13.9. The van der Waals surface area contributed by atoms with Gasteiger partial charge in [0.2, 0.25) is 0 Å². The number of carbonyl (C=O) groups is 2. The first-order chi connectivity index (χ1) is 12.1. The van der Waals surface area contributed by atoms with E-state index in [1.54, 1.807) is 13.0 Å². The van der Waals surface area contributed by atoms with Crippen LogP contribution >= 0.6 is 0 Å². The van der Waals surface area contributed by atoms with E-state index in [-0.39, 0.29) is 17.0 Å². The Morgan fingerprint density at radius 2 is 1.85 bits per heavy atom. The van der Waals surface area contributed by atoms with Crippen molar-refractivity contribution in [3.8, 4) is 5.75 Å². The van der Waals surface area contributed by atoms with Gasteiger partial charge in [0.05, 0.1) is 5.56 Å². The first-order valence-corrected chi connectivity index (χ1v) is 7.56. The SMILES string of the molecule is Cc1ccc(C(=O)O[C@@H](C)C(=O)Nc2cccc(C(F)(F)F)c2)c(O)c1. The van der Waals surface area contributed by atoms with Crippen molar-refractivity contribution in [2.45, 2.75) is 26.1 Å². The highest BCUT2D eigenvalue weighted by Crippen LogP contribution is 2.30. The van der Waals surface area contributed by atoms with Crippen molar-refractivity contribution in [1.82, 2.24) is 0 Å². The molecule has 0 spiro atoms. The Morgan fingerprint density at radius 1 is 1.15 bits per heavy atom. The van der Waals surface area contributed by atoms with Crippen molar-refractivity contribution < 1.29 is 32.6 Å². The fraction of sp³-hybridized carbons (Fsp3) is 0.222. The minimum atomic E-state index is -4.54. The second-order valence-electron chi connectivity index (χ2n) is 5.64. The molecular weight excluding hydrogens is 351 g/mol. The number of hydrogen-bond donors (Lipinski definition) is 2. The number of rotatable bonds is 4. The van der Waals surface area contributed by atoms with Gasteiger partial charge in [-0.1, -0.05) is 12.1 Å². The van der Waals surface area contributed by atoms with E-state index in [1.165, 1.54) is 25.1 Å². The van der Waals surface area contributed by atoms with Gasteiger partial charge in [0.15, 0.2) is 6.10 Å².